The Kier molecular flexibility index (Phi) is 3.44. The zero-order valence-electron chi connectivity index (χ0n) is 5.09. The fourth-order valence-corrected chi connectivity index (χ4v) is 2.99. The molecule has 1 aliphatic carbocycles. The monoisotopic (exact) mass is 460 g/mol. The van der Waals surface area contributed by atoms with Gasteiger partial charge in [0.25, 0.3) is 0 Å². The third-order valence-electron chi connectivity index (χ3n) is 1.59. The molecule has 48 valence electrons. The molecule has 0 aromatic rings. The van der Waals surface area contributed by atoms with Crippen LogP contribution in [0.1, 0.15) is 19.3 Å². The van der Waals surface area contributed by atoms with Gasteiger partial charge in [-0.05, 0) is 0 Å². The summed E-state index contributed by atoms with van der Waals surface area (Å²) < 4.78 is 4.67. The van der Waals surface area contributed by atoms with Gasteiger partial charge < -0.3 is 0 Å². The number of hydrogen-bond acceptors (Lipinski definition) is 0. The van der Waals surface area contributed by atoms with Crippen LogP contribution in [0.2, 0.25) is 0 Å². The van der Waals surface area contributed by atoms with Gasteiger partial charge in [-0.2, -0.15) is 0 Å². The van der Waals surface area contributed by atoms with Crippen molar-refractivity contribution in [2.75, 3.05) is 0 Å². The summed E-state index contributed by atoms with van der Waals surface area (Å²) in [5, 5.41) is 0. The summed E-state index contributed by atoms with van der Waals surface area (Å²) in [6.07, 6.45) is 4.06. The molecule has 0 atom stereocenters. The van der Waals surface area contributed by atoms with Gasteiger partial charge in [0.15, 0.2) is 0 Å². The van der Waals surface area contributed by atoms with Crippen molar-refractivity contribution in [2.24, 2.45) is 0 Å². The summed E-state index contributed by atoms with van der Waals surface area (Å²) in [6.45, 7) is 0. The van der Waals surface area contributed by atoms with E-state index < -0.39 is 0 Å². The molecule has 0 unspecified atom stereocenters. The summed E-state index contributed by atoms with van der Waals surface area (Å²) in [5.74, 6) is 0. The molecule has 9 heavy (non-hydrogen) atoms. The summed E-state index contributed by atoms with van der Waals surface area (Å²) in [7, 11) is 0. The molecule has 0 aliphatic heterocycles. The first-order valence-electron chi connectivity index (χ1n) is 3.01. The van der Waals surface area contributed by atoms with Crippen molar-refractivity contribution in [1.82, 2.24) is 0 Å². The van der Waals surface area contributed by atoms with Crippen LogP contribution in [0.3, 0.4) is 0 Å². The van der Waals surface area contributed by atoms with Gasteiger partial charge in [-0.1, -0.05) is 0 Å². The van der Waals surface area contributed by atoms with E-state index in [0.717, 1.165) is 0 Å². The molecule has 1 rings (SSSR count). The molecule has 0 N–H and O–H groups in total. The Morgan fingerprint density at radius 1 is 1.00 bits per heavy atom. The Bertz CT molecular complexity index is 150. The van der Waals surface area contributed by atoms with Crippen LogP contribution in [0.4, 0.5) is 0 Å². The second kappa shape index (κ2) is 3.89. The van der Waals surface area contributed by atoms with Gasteiger partial charge in [0.1, 0.15) is 0 Å². The van der Waals surface area contributed by atoms with Gasteiger partial charge in [-0.25, -0.2) is 0 Å². The molecule has 0 aromatic heterocycles. The molecule has 0 nitrogen and oxygen atoms in total. The van der Waals surface area contributed by atoms with Crippen molar-refractivity contribution >= 4 is 8.80 Å². The topological polar surface area (TPSA) is 0 Å². The van der Waals surface area contributed by atoms with Crippen LogP contribution < -0.4 is 0 Å². The third-order valence-corrected chi connectivity index (χ3v) is 3.63. The maximum atomic E-state index is 2.34. The Hall–Kier alpha value is 0.857. The molecule has 0 amide bonds. The molecule has 0 heterocycles. The van der Waals surface area contributed by atoms with E-state index in [1.54, 1.807) is 49.9 Å². The normalized spacial score (nSPS) is 18.2. The Morgan fingerprint density at radius 3 is 1.78 bits per heavy atom. The van der Waals surface area contributed by atoms with Gasteiger partial charge in [0.2, 0.25) is 0 Å². The zero-order chi connectivity index (χ0) is 6.69. The summed E-state index contributed by atoms with van der Waals surface area (Å²) in [4.78, 5) is 0. The SMILES string of the molecule is [W]=[CH]C1=C([CH]=[W])CCC1. The van der Waals surface area contributed by atoms with Crippen LogP contribution in [-0.2, 0) is 38.7 Å². The van der Waals surface area contributed by atoms with Crippen LogP contribution in [0.15, 0.2) is 11.1 Å². The first kappa shape index (κ1) is 7.96. The van der Waals surface area contributed by atoms with E-state index in [4.69, 9.17) is 0 Å². The Balaban J connectivity index is 2.81. The fraction of sp³-hybridized carbons (Fsp3) is 0.429. The summed E-state index contributed by atoms with van der Waals surface area (Å²) in [5.41, 5.74) is 3.25. The van der Waals surface area contributed by atoms with Crippen LogP contribution in [0.5, 0.6) is 0 Å². The van der Waals surface area contributed by atoms with Crippen LogP contribution in [0.25, 0.3) is 0 Å². The van der Waals surface area contributed by atoms with E-state index in [9.17, 15) is 0 Å². The Morgan fingerprint density at radius 2 is 1.44 bits per heavy atom. The Labute approximate surface area is 77.5 Å². The van der Waals surface area contributed by atoms with E-state index in [-0.39, 0.29) is 0 Å². The van der Waals surface area contributed by atoms with Crippen molar-refractivity contribution in [1.29, 1.82) is 0 Å². The van der Waals surface area contributed by atoms with Gasteiger partial charge >= 0.3 is 77.9 Å². The molecular weight excluding hydrogens is 452 g/mol. The zero-order valence-corrected chi connectivity index (χ0v) is 11.0. The average molecular weight is 460 g/mol. The average Bonchev–Trinajstić information content (AvgIpc) is 2.33. The first-order chi connectivity index (χ1) is 4.38. The van der Waals surface area contributed by atoms with Crippen molar-refractivity contribution < 1.29 is 38.7 Å². The quantitative estimate of drug-likeness (QED) is 0.581. The summed E-state index contributed by atoms with van der Waals surface area (Å²) >= 11 is 3.19. The van der Waals surface area contributed by atoms with E-state index in [1.807, 2.05) is 0 Å². The minimum atomic E-state index is 1.34. The van der Waals surface area contributed by atoms with E-state index in [0.29, 0.717) is 0 Å². The second-order valence-corrected chi connectivity index (χ2v) is 3.83. The molecule has 2 heteroatoms. The van der Waals surface area contributed by atoms with E-state index in [1.165, 1.54) is 19.3 Å². The number of hydrogen-bond donors (Lipinski definition) is 0. The van der Waals surface area contributed by atoms with Gasteiger partial charge in [0.05, 0.1) is 0 Å². The van der Waals surface area contributed by atoms with E-state index >= 15 is 0 Å². The minimum absolute atomic E-state index is 1.34. The predicted octanol–water partition coefficient (Wildman–Crippen LogP) is 1.16. The van der Waals surface area contributed by atoms with Gasteiger partial charge in [-0.15, -0.1) is 0 Å². The predicted molar refractivity (Wildman–Crippen MR) is 33.0 cm³/mol. The molecule has 0 fully saturated rings. The molecule has 0 aromatic carbocycles. The molecular formula is C7H8W2. The van der Waals surface area contributed by atoms with E-state index in [2.05, 4.69) is 8.80 Å². The molecule has 0 saturated heterocycles. The molecule has 0 bridgehead atoms. The van der Waals surface area contributed by atoms with Gasteiger partial charge in [-0.3, -0.25) is 0 Å². The van der Waals surface area contributed by atoms with Gasteiger partial charge in [0, 0.05) is 0 Å². The molecule has 0 radical (unpaired) electrons. The molecule has 0 saturated carbocycles. The molecule has 1 aliphatic rings. The maximum absolute atomic E-state index is 2.34. The fourth-order valence-electron chi connectivity index (χ4n) is 1.06. The second-order valence-electron chi connectivity index (χ2n) is 2.14. The number of allylic oxidation sites excluding steroid dienone is 2. The standard InChI is InChI=1S/C7H8.2W/c1-6-4-3-5-7(6)2;;/h1-2H,3-5H2;;. The van der Waals surface area contributed by atoms with Crippen molar-refractivity contribution in [3.63, 3.8) is 0 Å². The van der Waals surface area contributed by atoms with Crippen LogP contribution in [0, 0.1) is 0 Å². The van der Waals surface area contributed by atoms with Crippen LogP contribution >= 0.6 is 0 Å². The van der Waals surface area contributed by atoms with Crippen molar-refractivity contribution in [3.05, 3.63) is 11.1 Å². The molecule has 0 spiro atoms. The third kappa shape index (κ3) is 1.89. The van der Waals surface area contributed by atoms with Crippen molar-refractivity contribution in [2.45, 2.75) is 19.3 Å². The van der Waals surface area contributed by atoms with Crippen LogP contribution in [-0.4, -0.2) is 8.80 Å². The first-order valence-corrected chi connectivity index (χ1v) is 6.39. The summed E-state index contributed by atoms with van der Waals surface area (Å²) in [6, 6.07) is 0. The van der Waals surface area contributed by atoms with Crippen molar-refractivity contribution in [3.8, 4) is 0 Å². The number of rotatable bonds is 2.